The molecule has 1 N–H and O–H groups in total. The number of rotatable bonds is 5. The molecule has 0 saturated heterocycles. The molecule has 1 unspecified atom stereocenters. The van der Waals surface area contributed by atoms with Crippen LogP contribution >= 0.6 is 0 Å². The van der Waals surface area contributed by atoms with Crippen molar-refractivity contribution < 1.29 is 5.11 Å². The first-order chi connectivity index (χ1) is 7.25. The van der Waals surface area contributed by atoms with E-state index >= 15 is 0 Å². The van der Waals surface area contributed by atoms with Crippen LogP contribution in [0, 0.1) is 5.92 Å². The van der Waals surface area contributed by atoms with Crippen LogP contribution in [0.3, 0.4) is 0 Å². The average Bonchev–Trinajstić information content (AvgIpc) is 3.01. The second kappa shape index (κ2) is 4.73. The molecule has 0 amide bonds. The van der Waals surface area contributed by atoms with Crippen LogP contribution in [-0.2, 0) is 6.54 Å². The molecule has 1 fully saturated rings. The summed E-state index contributed by atoms with van der Waals surface area (Å²) in [6.07, 6.45) is 5.90. The summed E-state index contributed by atoms with van der Waals surface area (Å²) in [5.41, 5.74) is 1.20. The van der Waals surface area contributed by atoms with E-state index in [0.717, 1.165) is 13.1 Å². The molecule has 0 bridgehead atoms. The van der Waals surface area contributed by atoms with Gasteiger partial charge in [-0.3, -0.25) is 9.88 Å². The van der Waals surface area contributed by atoms with Gasteiger partial charge in [0.15, 0.2) is 0 Å². The Morgan fingerprint density at radius 2 is 2.40 bits per heavy atom. The summed E-state index contributed by atoms with van der Waals surface area (Å²) in [4.78, 5) is 6.23. The number of pyridine rings is 1. The first-order valence-electron chi connectivity index (χ1n) is 5.51. The van der Waals surface area contributed by atoms with Crippen LogP contribution in [0.2, 0.25) is 0 Å². The molecule has 0 spiro atoms. The molecule has 15 heavy (non-hydrogen) atoms. The lowest BCUT2D eigenvalue weighted by Gasteiger charge is -2.20. The van der Waals surface area contributed by atoms with Crippen LogP contribution in [0.25, 0.3) is 0 Å². The van der Waals surface area contributed by atoms with Crippen LogP contribution in [0.1, 0.15) is 18.4 Å². The Morgan fingerprint density at radius 3 is 3.00 bits per heavy atom. The molecule has 1 aromatic heterocycles. The first kappa shape index (κ1) is 10.6. The van der Waals surface area contributed by atoms with Gasteiger partial charge in [0, 0.05) is 25.5 Å². The summed E-state index contributed by atoms with van der Waals surface area (Å²) in [6, 6.07) is 4.01. The average molecular weight is 206 g/mol. The summed E-state index contributed by atoms with van der Waals surface area (Å²) in [5, 5.41) is 9.78. The van der Waals surface area contributed by atoms with E-state index in [0.29, 0.717) is 5.92 Å². The van der Waals surface area contributed by atoms with Crippen LogP contribution in [0.15, 0.2) is 24.5 Å². The van der Waals surface area contributed by atoms with Crippen LogP contribution in [0.4, 0.5) is 0 Å². The van der Waals surface area contributed by atoms with Gasteiger partial charge in [0.25, 0.3) is 0 Å². The van der Waals surface area contributed by atoms with Crippen molar-refractivity contribution in [1.82, 2.24) is 9.88 Å². The van der Waals surface area contributed by atoms with E-state index in [2.05, 4.69) is 16.0 Å². The van der Waals surface area contributed by atoms with Crippen molar-refractivity contribution in [3.05, 3.63) is 30.1 Å². The molecule has 0 radical (unpaired) electrons. The third-order valence-electron chi connectivity index (χ3n) is 2.84. The van der Waals surface area contributed by atoms with Gasteiger partial charge >= 0.3 is 0 Å². The van der Waals surface area contributed by atoms with Crippen molar-refractivity contribution in [1.29, 1.82) is 0 Å². The van der Waals surface area contributed by atoms with E-state index in [4.69, 9.17) is 0 Å². The molecule has 1 aromatic rings. The van der Waals surface area contributed by atoms with Gasteiger partial charge in [0.1, 0.15) is 0 Å². The summed E-state index contributed by atoms with van der Waals surface area (Å²) in [7, 11) is 2.04. The van der Waals surface area contributed by atoms with Crippen LogP contribution in [-0.4, -0.2) is 34.7 Å². The lowest BCUT2D eigenvalue weighted by atomic mass is 10.2. The van der Waals surface area contributed by atoms with E-state index in [9.17, 15) is 5.11 Å². The molecule has 0 aliphatic heterocycles. The summed E-state index contributed by atoms with van der Waals surface area (Å²) >= 11 is 0. The maximum atomic E-state index is 9.78. The summed E-state index contributed by atoms with van der Waals surface area (Å²) < 4.78 is 0. The quantitative estimate of drug-likeness (QED) is 0.788. The van der Waals surface area contributed by atoms with Crippen LogP contribution < -0.4 is 0 Å². The second-order valence-corrected chi connectivity index (χ2v) is 4.46. The highest BCUT2D eigenvalue weighted by atomic mass is 16.3. The predicted octanol–water partition coefficient (Wildman–Crippen LogP) is 1.28. The van der Waals surface area contributed by atoms with Gasteiger partial charge in [-0.05, 0) is 37.4 Å². The number of hydrogen-bond acceptors (Lipinski definition) is 3. The molecule has 1 heterocycles. The summed E-state index contributed by atoms with van der Waals surface area (Å²) in [5.74, 6) is 0.557. The molecule has 0 aromatic carbocycles. The number of likely N-dealkylation sites (N-methyl/N-ethyl adjacent to an activating group) is 1. The lowest BCUT2D eigenvalue weighted by Crippen LogP contribution is -2.30. The largest absolute Gasteiger partial charge is 0.392 e. The van der Waals surface area contributed by atoms with Crippen molar-refractivity contribution in [3.8, 4) is 0 Å². The maximum Gasteiger partial charge on any atom is 0.0695 e. The van der Waals surface area contributed by atoms with E-state index in [1.165, 1.54) is 18.4 Å². The van der Waals surface area contributed by atoms with Crippen molar-refractivity contribution >= 4 is 0 Å². The van der Waals surface area contributed by atoms with Gasteiger partial charge in [0.05, 0.1) is 6.10 Å². The molecule has 82 valence electrons. The molecular formula is C12H18N2O. The Labute approximate surface area is 90.8 Å². The molecule has 1 aliphatic rings. The number of aliphatic hydroxyl groups excluding tert-OH is 1. The Morgan fingerprint density at radius 1 is 1.60 bits per heavy atom. The van der Waals surface area contributed by atoms with Gasteiger partial charge in [-0.15, -0.1) is 0 Å². The zero-order valence-corrected chi connectivity index (χ0v) is 9.13. The molecule has 2 rings (SSSR count). The maximum absolute atomic E-state index is 9.78. The summed E-state index contributed by atoms with van der Waals surface area (Å²) in [6.45, 7) is 1.62. The van der Waals surface area contributed by atoms with Crippen LogP contribution in [0.5, 0.6) is 0 Å². The number of aromatic nitrogens is 1. The predicted molar refractivity (Wildman–Crippen MR) is 59.3 cm³/mol. The smallest absolute Gasteiger partial charge is 0.0695 e. The molecule has 3 nitrogen and oxygen atoms in total. The standard InChI is InChI=1S/C12H18N2O/c1-14(9-12(15)11-4-5-11)8-10-3-2-6-13-7-10/h2-3,6-7,11-12,15H,4-5,8-9H2,1H3. The number of nitrogens with zero attached hydrogens (tertiary/aromatic N) is 2. The van der Waals surface area contributed by atoms with Gasteiger partial charge in [-0.25, -0.2) is 0 Å². The molecule has 1 saturated carbocycles. The number of aliphatic hydroxyl groups is 1. The van der Waals surface area contributed by atoms with Gasteiger partial charge in [-0.1, -0.05) is 6.07 Å². The zero-order chi connectivity index (χ0) is 10.7. The van der Waals surface area contributed by atoms with E-state index in [-0.39, 0.29) is 6.10 Å². The SMILES string of the molecule is CN(Cc1cccnc1)CC(O)C1CC1. The highest BCUT2D eigenvalue weighted by Gasteiger charge is 2.30. The Hall–Kier alpha value is -0.930. The van der Waals surface area contributed by atoms with Gasteiger partial charge in [-0.2, -0.15) is 0 Å². The zero-order valence-electron chi connectivity index (χ0n) is 9.13. The monoisotopic (exact) mass is 206 g/mol. The lowest BCUT2D eigenvalue weighted by molar-refractivity contribution is 0.104. The van der Waals surface area contributed by atoms with Gasteiger partial charge < -0.3 is 5.11 Å². The van der Waals surface area contributed by atoms with E-state index in [1.807, 2.05) is 19.3 Å². The second-order valence-electron chi connectivity index (χ2n) is 4.46. The Bertz CT molecular complexity index is 298. The molecule has 1 aliphatic carbocycles. The first-order valence-corrected chi connectivity index (χ1v) is 5.51. The fourth-order valence-corrected chi connectivity index (χ4v) is 1.82. The number of hydrogen-bond donors (Lipinski definition) is 1. The Kier molecular flexibility index (Phi) is 3.34. The third-order valence-corrected chi connectivity index (χ3v) is 2.84. The minimum Gasteiger partial charge on any atom is -0.392 e. The van der Waals surface area contributed by atoms with Crippen molar-refractivity contribution in [2.75, 3.05) is 13.6 Å². The molecule has 1 atom stereocenters. The fraction of sp³-hybridized carbons (Fsp3) is 0.583. The Balaban J connectivity index is 1.79. The third kappa shape index (κ3) is 3.29. The fourth-order valence-electron chi connectivity index (χ4n) is 1.82. The van der Waals surface area contributed by atoms with Crippen molar-refractivity contribution in [3.63, 3.8) is 0 Å². The van der Waals surface area contributed by atoms with Crippen molar-refractivity contribution in [2.45, 2.75) is 25.5 Å². The molecule has 3 heteroatoms. The van der Waals surface area contributed by atoms with E-state index in [1.54, 1.807) is 6.20 Å². The highest BCUT2D eigenvalue weighted by molar-refractivity contribution is 5.08. The minimum absolute atomic E-state index is 0.147. The molecular weight excluding hydrogens is 188 g/mol. The normalized spacial score (nSPS) is 18.1. The van der Waals surface area contributed by atoms with Gasteiger partial charge in [0.2, 0.25) is 0 Å². The van der Waals surface area contributed by atoms with Crippen molar-refractivity contribution in [2.24, 2.45) is 5.92 Å². The highest BCUT2D eigenvalue weighted by Crippen LogP contribution is 2.32. The minimum atomic E-state index is -0.147. The van der Waals surface area contributed by atoms with E-state index < -0.39 is 0 Å². The topological polar surface area (TPSA) is 36.4 Å².